The molecule has 0 radical (unpaired) electrons. The molecule has 1 aromatic carbocycles. The zero-order valence-electron chi connectivity index (χ0n) is 11.2. The highest BCUT2D eigenvalue weighted by Gasteiger charge is 2.20. The molecule has 1 saturated carbocycles. The highest BCUT2D eigenvalue weighted by atomic mass is 15.5. The van der Waals surface area contributed by atoms with E-state index in [2.05, 4.69) is 15.5 Å². The van der Waals surface area contributed by atoms with Crippen LogP contribution >= 0.6 is 0 Å². The molecule has 0 spiro atoms. The highest BCUT2D eigenvalue weighted by molar-refractivity contribution is 5.74. The van der Waals surface area contributed by atoms with Gasteiger partial charge >= 0.3 is 0 Å². The number of hydrogen-bond donors (Lipinski definition) is 1. The van der Waals surface area contributed by atoms with Gasteiger partial charge in [0.15, 0.2) is 5.82 Å². The minimum atomic E-state index is 0.701. The van der Waals surface area contributed by atoms with Gasteiger partial charge in [0.25, 0.3) is 0 Å². The van der Waals surface area contributed by atoms with Crippen LogP contribution < -0.4 is 5.73 Å². The van der Waals surface area contributed by atoms with E-state index in [0.717, 1.165) is 29.2 Å². The Balaban J connectivity index is 1.95. The summed E-state index contributed by atoms with van der Waals surface area (Å²) in [5.41, 5.74) is 8.90. The minimum Gasteiger partial charge on any atom is -0.398 e. The van der Waals surface area contributed by atoms with Crippen molar-refractivity contribution in [3.8, 4) is 11.4 Å². The second kappa shape index (κ2) is 4.99. The minimum absolute atomic E-state index is 0.701. The summed E-state index contributed by atoms with van der Waals surface area (Å²) >= 11 is 0. The Bertz CT molecular complexity index is 549. The van der Waals surface area contributed by atoms with Crippen LogP contribution in [0.5, 0.6) is 0 Å². The summed E-state index contributed by atoms with van der Waals surface area (Å²) in [5.74, 6) is 1.50. The number of tetrazole rings is 1. The molecule has 2 N–H and O–H groups in total. The summed E-state index contributed by atoms with van der Waals surface area (Å²) in [6.45, 7) is 2.94. The number of benzene rings is 1. The molecule has 5 nitrogen and oxygen atoms in total. The number of nitrogens with two attached hydrogens (primary N) is 1. The number of nitrogens with zero attached hydrogens (tertiary/aromatic N) is 4. The molecular formula is C14H19N5. The monoisotopic (exact) mass is 257 g/mol. The third-order valence-corrected chi connectivity index (χ3v) is 3.97. The van der Waals surface area contributed by atoms with Crippen LogP contribution in [0.25, 0.3) is 11.4 Å². The fourth-order valence-corrected chi connectivity index (χ4v) is 2.94. The molecule has 1 fully saturated rings. The van der Waals surface area contributed by atoms with Crippen LogP contribution in [0.3, 0.4) is 0 Å². The third-order valence-electron chi connectivity index (χ3n) is 3.97. The zero-order valence-corrected chi connectivity index (χ0v) is 11.2. The van der Waals surface area contributed by atoms with Crippen molar-refractivity contribution in [2.24, 2.45) is 5.92 Å². The van der Waals surface area contributed by atoms with E-state index in [-0.39, 0.29) is 0 Å². The first-order valence-corrected chi connectivity index (χ1v) is 6.87. The first-order valence-electron chi connectivity index (χ1n) is 6.87. The zero-order chi connectivity index (χ0) is 13.2. The van der Waals surface area contributed by atoms with Gasteiger partial charge in [-0.05, 0) is 47.7 Å². The molecule has 1 heterocycles. The predicted octanol–water partition coefficient (Wildman–Crippen LogP) is 2.42. The second-order valence-corrected chi connectivity index (χ2v) is 5.37. The van der Waals surface area contributed by atoms with Crippen molar-refractivity contribution in [2.45, 2.75) is 39.2 Å². The summed E-state index contributed by atoms with van der Waals surface area (Å²) in [7, 11) is 0. The van der Waals surface area contributed by atoms with Crippen molar-refractivity contribution < 1.29 is 0 Å². The van der Waals surface area contributed by atoms with Crippen LogP contribution in [0.1, 0.15) is 31.2 Å². The van der Waals surface area contributed by atoms with E-state index in [4.69, 9.17) is 5.73 Å². The van der Waals surface area contributed by atoms with Crippen LogP contribution in [0, 0.1) is 12.8 Å². The van der Waals surface area contributed by atoms with Crippen LogP contribution in [-0.4, -0.2) is 20.2 Å². The van der Waals surface area contributed by atoms with Crippen LogP contribution in [-0.2, 0) is 6.54 Å². The van der Waals surface area contributed by atoms with Gasteiger partial charge < -0.3 is 5.73 Å². The van der Waals surface area contributed by atoms with Gasteiger partial charge in [-0.3, -0.25) is 0 Å². The van der Waals surface area contributed by atoms with Crippen LogP contribution in [0.4, 0.5) is 5.69 Å². The molecule has 100 valence electrons. The van der Waals surface area contributed by atoms with Gasteiger partial charge in [-0.1, -0.05) is 25.0 Å². The van der Waals surface area contributed by atoms with Crippen molar-refractivity contribution in [3.63, 3.8) is 0 Å². The Morgan fingerprint density at radius 2 is 2.11 bits per heavy atom. The maximum absolute atomic E-state index is 6.08. The van der Waals surface area contributed by atoms with Gasteiger partial charge in [-0.15, -0.1) is 5.10 Å². The first kappa shape index (κ1) is 12.1. The van der Waals surface area contributed by atoms with Gasteiger partial charge in [0.05, 0.1) is 0 Å². The summed E-state index contributed by atoms with van der Waals surface area (Å²) in [6, 6.07) is 5.90. The van der Waals surface area contributed by atoms with Crippen molar-refractivity contribution in [1.29, 1.82) is 0 Å². The maximum atomic E-state index is 6.08. The lowest BCUT2D eigenvalue weighted by Gasteiger charge is -2.12. The maximum Gasteiger partial charge on any atom is 0.184 e. The van der Waals surface area contributed by atoms with Crippen LogP contribution in [0.15, 0.2) is 18.2 Å². The Labute approximate surface area is 112 Å². The lowest BCUT2D eigenvalue weighted by molar-refractivity contribution is 0.424. The highest BCUT2D eigenvalue weighted by Crippen LogP contribution is 2.30. The molecule has 19 heavy (non-hydrogen) atoms. The number of aryl methyl sites for hydroxylation is 1. The lowest BCUT2D eigenvalue weighted by Crippen LogP contribution is -2.11. The van der Waals surface area contributed by atoms with E-state index in [1.807, 2.05) is 29.8 Å². The molecule has 0 atom stereocenters. The number of nitrogen functional groups attached to an aromatic ring is 1. The molecule has 0 unspecified atom stereocenters. The van der Waals surface area contributed by atoms with Crippen molar-refractivity contribution in [2.75, 3.05) is 5.73 Å². The molecule has 0 amide bonds. The summed E-state index contributed by atoms with van der Waals surface area (Å²) < 4.78 is 1.91. The van der Waals surface area contributed by atoms with Crippen molar-refractivity contribution >= 4 is 5.69 Å². The van der Waals surface area contributed by atoms with E-state index in [9.17, 15) is 0 Å². The summed E-state index contributed by atoms with van der Waals surface area (Å²) in [6.07, 6.45) is 5.22. The van der Waals surface area contributed by atoms with Crippen molar-refractivity contribution in [1.82, 2.24) is 20.2 Å². The van der Waals surface area contributed by atoms with Crippen LogP contribution in [0.2, 0.25) is 0 Å². The Morgan fingerprint density at radius 1 is 1.32 bits per heavy atom. The Morgan fingerprint density at radius 3 is 2.84 bits per heavy atom. The SMILES string of the molecule is Cc1cccc(N)c1-c1nnnn1CC1CCCC1. The molecule has 3 rings (SSSR count). The van der Waals surface area contributed by atoms with Crippen molar-refractivity contribution in [3.05, 3.63) is 23.8 Å². The molecule has 1 aliphatic carbocycles. The van der Waals surface area contributed by atoms with Gasteiger partial charge in [0.1, 0.15) is 0 Å². The summed E-state index contributed by atoms with van der Waals surface area (Å²) in [5, 5.41) is 12.1. The summed E-state index contributed by atoms with van der Waals surface area (Å²) in [4.78, 5) is 0. The lowest BCUT2D eigenvalue weighted by atomic mass is 10.1. The largest absolute Gasteiger partial charge is 0.398 e. The smallest absolute Gasteiger partial charge is 0.184 e. The molecule has 0 bridgehead atoms. The van der Waals surface area contributed by atoms with E-state index in [1.165, 1.54) is 25.7 Å². The topological polar surface area (TPSA) is 69.6 Å². The fraction of sp³-hybridized carbons (Fsp3) is 0.500. The molecule has 0 saturated heterocycles. The molecular weight excluding hydrogens is 238 g/mol. The fourth-order valence-electron chi connectivity index (χ4n) is 2.94. The number of rotatable bonds is 3. The van der Waals surface area contributed by atoms with Gasteiger partial charge in [-0.25, -0.2) is 4.68 Å². The number of anilines is 1. The van der Waals surface area contributed by atoms with Gasteiger partial charge in [0.2, 0.25) is 0 Å². The number of aromatic nitrogens is 4. The van der Waals surface area contributed by atoms with E-state index < -0.39 is 0 Å². The standard InChI is InChI=1S/C14H19N5/c1-10-5-4-8-12(15)13(10)14-16-17-18-19(14)9-11-6-2-3-7-11/h4-5,8,11H,2-3,6-7,9,15H2,1H3. The Kier molecular flexibility index (Phi) is 3.19. The second-order valence-electron chi connectivity index (χ2n) is 5.37. The predicted molar refractivity (Wildman–Crippen MR) is 74.4 cm³/mol. The van der Waals surface area contributed by atoms with E-state index in [0.29, 0.717) is 5.92 Å². The van der Waals surface area contributed by atoms with Gasteiger partial charge in [0, 0.05) is 17.8 Å². The molecule has 1 aliphatic rings. The molecule has 5 heteroatoms. The first-order chi connectivity index (χ1) is 9.25. The van der Waals surface area contributed by atoms with Gasteiger partial charge in [-0.2, -0.15) is 0 Å². The van der Waals surface area contributed by atoms with E-state index in [1.54, 1.807) is 0 Å². The Hall–Kier alpha value is -1.91. The number of hydrogen-bond acceptors (Lipinski definition) is 4. The molecule has 2 aromatic rings. The molecule has 1 aromatic heterocycles. The third kappa shape index (κ3) is 2.32. The van der Waals surface area contributed by atoms with E-state index >= 15 is 0 Å². The average molecular weight is 257 g/mol. The normalized spacial score (nSPS) is 16.1. The molecule has 0 aliphatic heterocycles. The average Bonchev–Trinajstić information content (AvgIpc) is 3.02. The quantitative estimate of drug-likeness (QED) is 0.857.